The molecule has 19 heavy (non-hydrogen) atoms. The molecule has 0 bridgehead atoms. The third-order valence-electron chi connectivity index (χ3n) is 2.88. The van der Waals surface area contributed by atoms with Gasteiger partial charge in [0.2, 0.25) is 23.6 Å². The van der Waals surface area contributed by atoms with Crippen molar-refractivity contribution in [3.8, 4) is 0 Å². The van der Waals surface area contributed by atoms with Crippen molar-refractivity contribution in [1.82, 2.24) is 15.1 Å². The van der Waals surface area contributed by atoms with Gasteiger partial charge in [0, 0.05) is 52.9 Å². The largest absolute Gasteiger partial charge is 0.356 e. The summed E-state index contributed by atoms with van der Waals surface area (Å²) in [6.07, 6.45) is 0.781. The summed E-state index contributed by atoms with van der Waals surface area (Å²) in [6.45, 7) is 0.378. The summed E-state index contributed by atoms with van der Waals surface area (Å²) < 4.78 is 0. The quantitative estimate of drug-likeness (QED) is 0.634. The van der Waals surface area contributed by atoms with Crippen molar-refractivity contribution in [3.63, 3.8) is 0 Å². The Bertz CT molecular complexity index is 376. The fraction of sp³-hybridized carbons (Fsp3) is 0.667. The third-order valence-corrected chi connectivity index (χ3v) is 2.88. The Morgan fingerprint density at radius 1 is 1.16 bits per heavy atom. The second-order valence-corrected chi connectivity index (χ2v) is 4.58. The lowest BCUT2D eigenvalue weighted by Gasteiger charge is -2.13. The molecule has 0 aromatic rings. The number of amides is 4. The highest BCUT2D eigenvalue weighted by Crippen LogP contribution is 2.11. The molecule has 0 saturated carbocycles. The minimum Gasteiger partial charge on any atom is -0.356 e. The molecule has 0 atom stereocenters. The molecule has 106 valence electrons. The maximum atomic E-state index is 11.5. The first-order chi connectivity index (χ1) is 8.91. The number of imide groups is 1. The van der Waals surface area contributed by atoms with Gasteiger partial charge < -0.3 is 10.2 Å². The smallest absolute Gasteiger partial charge is 0.229 e. The Labute approximate surface area is 111 Å². The molecule has 1 aliphatic heterocycles. The van der Waals surface area contributed by atoms with Crippen molar-refractivity contribution in [1.29, 1.82) is 0 Å². The highest BCUT2D eigenvalue weighted by atomic mass is 16.2. The standard InChI is InChI=1S/C12H19N3O4/c1-14(2)10(17)5-7-13-9(16)6-8-15-11(18)3-4-12(15)19/h3-8H2,1-2H3,(H,13,16). The van der Waals surface area contributed by atoms with Gasteiger partial charge in [0.05, 0.1) is 0 Å². The fourth-order valence-corrected chi connectivity index (χ4v) is 1.71. The Morgan fingerprint density at radius 2 is 1.74 bits per heavy atom. The van der Waals surface area contributed by atoms with Crippen LogP contribution in [0.4, 0.5) is 0 Å². The van der Waals surface area contributed by atoms with E-state index in [0.717, 1.165) is 4.90 Å². The number of nitrogens with one attached hydrogen (secondary N) is 1. The molecule has 1 saturated heterocycles. The lowest BCUT2D eigenvalue weighted by molar-refractivity contribution is -0.138. The van der Waals surface area contributed by atoms with Gasteiger partial charge in [0.15, 0.2) is 0 Å². The molecule has 0 spiro atoms. The van der Waals surface area contributed by atoms with E-state index in [9.17, 15) is 19.2 Å². The summed E-state index contributed by atoms with van der Waals surface area (Å²) in [5.41, 5.74) is 0. The van der Waals surface area contributed by atoms with Crippen molar-refractivity contribution in [3.05, 3.63) is 0 Å². The number of hydrogen-bond donors (Lipinski definition) is 1. The van der Waals surface area contributed by atoms with Gasteiger partial charge in [-0.15, -0.1) is 0 Å². The molecule has 1 aliphatic rings. The number of rotatable bonds is 6. The van der Waals surface area contributed by atoms with Crippen LogP contribution >= 0.6 is 0 Å². The van der Waals surface area contributed by atoms with E-state index in [2.05, 4.69) is 5.32 Å². The number of carbonyl (C=O) groups is 4. The zero-order valence-corrected chi connectivity index (χ0v) is 11.3. The molecule has 0 aliphatic carbocycles. The van der Waals surface area contributed by atoms with E-state index < -0.39 is 0 Å². The Morgan fingerprint density at radius 3 is 2.26 bits per heavy atom. The zero-order chi connectivity index (χ0) is 14.4. The maximum absolute atomic E-state index is 11.5. The summed E-state index contributed by atoms with van der Waals surface area (Å²) in [5.74, 6) is -0.773. The second kappa shape index (κ2) is 6.86. The zero-order valence-electron chi connectivity index (χ0n) is 11.3. The molecule has 7 heteroatoms. The van der Waals surface area contributed by atoms with Crippen LogP contribution in [0.5, 0.6) is 0 Å². The molecule has 1 rings (SSSR count). The highest BCUT2D eigenvalue weighted by molar-refractivity contribution is 6.02. The predicted octanol–water partition coefficient (Wildman–Crippen LogP) is -0.880. The predicted molar refractivity (Wildman–Crippen MR) is 66.9 cm³/mol. The van der Waals surface area contributed by atoms with Crippen LogP contribution in [-0.4, -0.2) is 60.6 Å². The van der Waals surface area contributed by atoms with Gasteiger partial charge >= 0.3 is 0 Å². The molecular weight excluding hydrogens is 250 g/mol. The number of hydrogen-bond acceptors (Lipinski definition) is 4. The average Bonchev–Trinajstić information content (AvgIpc) is 2.66. The second-order valence-electron chi connectivity index (χ2n) is 4.58. The van der Waals surface area contributed by atoms with Crippen LogP contribution in [-0.2, 0) is 19.2 Å². The van der Waals surface area contributed by atoms with Gasteiger partial charge in [0.1, 0.15) is 0 Å². The lowest BCUT2D eigenvalue weighted by Crippen LogP contribution is -2.35. The molecule has 0 radical (unpaired) electrons. The SMILES string of the molecule is CN(C)C(=O)CCNC(=O)CCN1C(=O)CCC1=O. The van der Waals surface area contributed by atoms with Crippen LogP contribution in [0, 0.1) is 0 Å². The van der Waals surface area contributed by atoms with E-state index in [-0.39, 0.29) is 62.4 Å². The van der Waals surface area contributed by atoms with Crippen LogP contribution < -0.4 is 5.32 Å². The normalized spacial score (nSPS) is 14.7. The topological polar surface area (TPSA) is 86.8 Å². The van der Waals surface area contributed by atoms with Crippen LogP contribution in [0.25, 0.3) is 0 Å². The van der Waals surface area contributed by atoms with Gasteiger partial charge in [-0.25, -0.2) is 0 Å². The van der Waals surface area contributed by atoms with Crippen LogP contribution in [0.2, 0.25) is 0 Å². The minimum atomic E-state index is -0.265. The van der Waals surface area contributed by atoms with Crippen molar-refractivity contribution >= 4 is 23.6 Å². The first-order valence-corrected chi connectivity index (χ1v) is 6.22. The molecule has 1 N–H and O–H groups in total. The van der Waals surface area contributed by atoms with Gasteiger partial charge in [-0.3, -0.25) is 24.1 Å². The molecule has 0 unspecified atom stereocenters. The average molecular weight is 269 g/mol. The van der Waals surface area contributed by atoms with Gasteiger partial charge in [-0.05, 0) is 0 Å². The van der Waals surface area contributed by atoms with Crippen LogP contribution in [0.1, 0.15) is 25.7 Å². The van der Waals surface area contributed by atoms with Crippen molar-refractivity contribution in [2.45, 2.75) is 25.7 Å². The highest BCUT2D eigenvalue weighted by Gasteiger charge is 2.28. The summed E-state index contributed by atoms with van der Waals surface area (Å²) in [5, 5.41) is 2.59. The van der Waals surface area contributed by atoms with E-state index in [1.54, 1.807) is 14.1 Å². The molecule has 4 amide bonds. The Hall–Kier alpha value is -1.92. The maximum Gasteiger partial charge on any atom is 0.229 e. The first kappa shape index (κ1) is 15.1. The lowest BCUT2D eigenvalue weighted by atomic mass is 10.3. The van der Waals surface area contributed by atoms with E-state index >= 15 is 0 Å². The van der Waals surface area contributed by atoms with Gasteiger partial charge in [-0.2, -0.15) is 0 Å². The summed E-state index contributed by atoms with van der Waals surface area (Å²) >= 11 is 0. The molecule has 0 aromatic carbocycles. The number of nitrogens with zero attached hydrogens (tertiary/aromatic N) is 2. The minimum absolute atomic E-state index is 0.0646. The van der Waals surface area contributed by atoms with E-state index in [0.29, 0.717) is 0 Å². The van der Waals surface area contributed by atoms with Crippen LogP contribution in [0.15, 0.2) is 0 Å². The summed E-state index contributed by atoms with van der Waals surface area (Å²) in [6, 6.07) is 0. The van der Waals surface area contributed by atoms with E-state index in [4.69, 9.17) is 0 Å². The van der Waals surface area contributed by atoms with Gasteiger partial charge in [-0.1, -0.05) is 0 Å². The first-order valence-electron chi connectivity index (χ1n) is 6.22. The molecule has 7 nitrogen and oxygen atoms in total. The van der Waals surface area contributed by atoms with Crippen molar-refractivity contribution < 1.29 is 19.2 Å². The monoisotopic (exact) mass is 269 g/mol. The van der Waals surface area contributed by atoms with Gasteiger partial charge in [0.25, 0.3) is 0 Å². The fourth-order valence-electron chi connectivity index (χ4n) is 1.71. The van der Waals surface area contributed by atoms with E-state index in [1.807, 2.05) is 0 Å². The van der Waals surface area contributed by atoms with E-state index in [1.165, 1.54) is 4.90 Å². The molecule has 1 heterocycles. The van der Waals surface area contributed by atoms with Crippen LogP contribution in [0.3, 0.4) is 0 Å². The van der Waals surface area contributed by atoms with Crippen molar-refractivity contribution in [2.75, 3.05) is 27.2 Å². The molecule has 1 fully saturated rings. The summed E-state index contributed by atoms with van der Waals surface area (Å²) in [4.78, 5) is 47.9. The number of carbonyl (C=O) groups excluding carboxylic acids is 4. The molecule has 0 aromatic heterocycles. The molecular formula is C12H19N3O4. The Balaban J connectivity index is 2.20. The number of likely N-dealkylation sites (tertiary alicyclic amines) is 1. The third kappa shape index (κ3) is 4.69. The van der Waals surface area contributed by atoms with Crippen molar-refractivity contribution in [2.24, 2.45) is 0 Å². The Kier molecular flexibility index (Phi) is 5.47. The summed E-state index contributed by atoms with van der Waals surface area (Å²) in [7, 11) is 3.30.